The van der Waals surface area contributed by atoms with E-state index in [0.717, 1.165) is 11.4 Å². The standard InChI is InChI=1S/C54H43N/c1-5-6-9-27-44-36(2)51-40(37-20-10-7-11-21-37)26-18-30-47(51)54(44)46-29-17-15-25-43(46)52-48(54)31-19-32-50(52)55(38-22-12-8-13-23-38)39-33-34-42-41-24-14-16-28-45(41)53(3,4)49(42)35-39/h5-35H,1-4H3/b6-5-,27-9-. The van der Waals surface area contributed by atoms with Gasteiger partial charge in [0.25, 0.3) is 0 Å². The molecule has 0 N–H and O–H groups in total. The Hall–Kier alpha value is -6.44. The normalized spacial score (nSPS) is 17.1. The fourth-order valence-corrected chi connectivity index (χ4v) is 10.1. The van der Waals surface area contributed by atoms with Crippen molar-refractivity contribution in [3.05, 3.63) is 227 Å². The second-order valence-electron chi connectivity index (χ2n) is 15.6. The van der Waals surface area contributed by atoms with E-state index in [4.69, 9.17) is 0 Å². The highest BCUT2D eigenvalue weighted by molar-refractivity contribution is 6.03. The first kappa shape index (κ1) is 33.2. The first-order valence-corrected chi connectivity index (χ1v) is 19.5. The van der Waals surface area contributed by atoms with Crippen molar-refractivity contribution in [3.8, 4) is 33.4 Å². The number of hydrogen-bond acceptors (Lipinski definition) is 1. The molecule has 0 aromatic heterocycles. The molecule has 0 saturated heterocycles. The number of anilines is 3. The fourth-order valence-electron chi connectivity index (χ4n) is 10.1. The third kappa shape index (κ3) is 4.66. The van der Waals surface area contributed by atoms with Crippen molar-refractivity contribution in [1.82, 2.24) is 0 Å². The molecule has 0 amide bonds. The van der Waals surface area contributed by atoms with Crippen molar-refractivity contribution in [2.45, 2.75) is 38.5 Å². The molecule has 0 saturated carbocycles. The van der Waals surface area contributed by atoms with Gasteiger partial charge in [0, 0.05) is 22.4 Å². The van der Waals surface area contributed by atoms with Gasteiger partial charge >= 0.3 is 0 Å². The summed E-state index contributed by atoms with van der Waals surface area (Å²) in [5, 5.41) is 0. The minimum absolute atomic E-state index is 0.111. The molecule has 3 aliphatic carbocycles. The quantitative estimate of drug-likeness (QED) is 0.156. The molecule has 10 rings (SSSR count). The van der Waals surface area contributed by atoms with E-state index < -0.39 is 5.41 Å². The van der Waals surface area contributed by atoms with Crippen molar-refractivity contribution in [2.24, 2.45) is 0 Å². The summed E-state index contributed by atoms with van der Waals surface area (Å²) in [6.45, 7) is 9.16. The first-order valence-electron chi connectivity index (χ1n) is 19.5. The second-order valence-corrected chi connectivity index (χ2v) is 15.6. The van der Waals surface area contributed by atoms with E-state index in [-0.39, 0.29) is 5.41 Å². The zero-order valence-electron chi connectivity index (χ0n) is 31.8. The van der Waals surface area contributed by atoms with Crippen LogP contribution in [0.25, 0.3) is 39.0 Å². The van der Waals surface area contributed by atoms with Gasteiger partial charge in [0.05, 0.1) is 11.1 Å². The van der Waals surface area contributed by atoms with Crippen LogP contribution in [-0.2, 0) is 10.8 Å². The maximum atomic E-state index is 2.50. The summed E-state index contributed by atoms with van der Waals surface area (Å²) >= 11 is 0. The zero-order valence-corrected chi connectivity index (χ0v) is 31.8. The lowest BCUT2D eigenvalue weighted by Crippen LogP contribution is -2.27. The maximum absolute atomic E-state index is 2.50. The Balaban J connectivity index is 1.27. The van der Waals surface area contributed by atoms with E-state index >= 15 is 0 Å². The summed E-state index contributed by atoms with van der Waals surface area (Å²) in [5.41, 5.74) is 21.4. The van der Waals surface area contributed by atoms with Crippen molar-refractivity contribution in [1.29, 1.82) is 0 Å². The number of rotatable bonds is 6. The van der Waals surface area contributed by atoms with Crippen LogP contribution in [-0.4, -0.2) is 0 Å². The van der Waals surface area contributed by atoms with Crippen LogP contribution < -0.4 is 4.90 Å². The Morgan fingerprint density at radius 1 is 0.473 bits per heavy atom. The average Bonchev–Trinajstić information content (AvgIpc) is 3.76. The number of allylic oxidation sites excluding steroid dienone is 6. The van der Waals surface area contributed by atoms with Gasteiger partial charge in [-0.05, 0) is 117 Å². The summed E-state index contributed by atoms with van der Waals surface area (Å²) in [6.07, 6.45) is 8.86. The fraction of sp³-hybridized carbons (Fsp3) is 0.111. The summed E-state index contributed by atoms with van der Waals surface area (Å²) in [4.78, 5) is 2.50. The molecule has 0 heterocycles. The van der Waals surface area contributed by atoms with E-state index in [0.29, 0.717) is 0 Å². The van der Waals surface area contributed by atoms with Crippen LogP contribution in [0.4, 0.5) is 17.1 Å². The van der Waals surface area contributed by atoms with Gasteiger partial charge in [-0.3, -0.25) is 0 Å². The molecule has 0 radical (unpaired) electrons. The van der Waals surface area contributed by atoms with E-state index in [1.807, 2.05) is 0 Å². The lowest BCUT2D eigenvalue weighted by molar-refractivity contribution is 0.660. The summed E-state index contributed by atoms with van der Waals surface area (Å²) in [6, 6.07) is 60.9. The number of fused-ring (bicyclic) bond motifs is 10. The number of nitrogens with zero attached hydrogens (tertiary/aromatic N) is 1. The van der Waals surface area contributed by atoms with Crippen molar-refractivity contribution in [3.63, 3.8) is 0 Å². The van der Waals surface area contributed by atoms with Gasteiger partial charge in [-0.2, -0.15) is 0 Å². The second kappa shape index (κ2) is 12.6. The SMILES string of the molecule is C/C=C\C=C/C1=C(C)c2c(-c3ccccc3)cccc2C12c1ccccc1-c1c(N(c3ccccc3)c3ccc4c(c3)C(C)(C)c3ccccc3-4)cccc12. The summed E-state index contributed by atoms with van der Waals surface area (Å²) in [5.74, 6) is 0. The zero-order chi connectivity index (χ0) is 37.3. The van der Waals surface area contributed by atoms with E-state index in [2.05, 4.69) is 221 Å². The minimum atomic E-state index is -0.492. The van der Waals surface area contributed by atoms with Gasteiger partial charge in [-0.15, -0.1) is 0 Å². The van der Waals surface area contributed by atoms with Gasteiger partial charge in [-0.25, -0.2) is 0 Å². The predicted octanol–water partition coefficient (Wildman–Crippen LogP) is 14.4. The molecule has 1 nitrogen and oxygen atoms in total. The molecule has 1 atom stereocenters. The Kier molecular flexibility index (Phi) is 7.58. The molecule has 1 unspecified atom stereocenters. The van der Waals surface area contributed by atoms with E-state index in [1.54, 1.807) is 0 Å². The number of para-hydroxylation sites is 1. The smallest absolute Gasteiger partial charge is 0.0723 e. The van der Waals surface area contributed by atoms with Gasteiger partial charge in [0.2, 0.25) is 0 Å². The Bertz CT molecular complexity index is 2740. The van der Waals surface area contributed by atoms with Crippen LogP contribution >= 0.6 is 0 Å². The van der Waals surface area contributed by atoms with Gasteiger partial charge < -0.3 is 4.90 Å². The number of hydrogen-bond donors (Lipinski definition) is 0. The molecule has 1 heteroatoms. The molecular weight excluding hydrogens is 663 g/mol. The first-order chi connectivity index (χ1) is 27.0. The van der Waals surface area contributed by atoms with Crippen LogP contribution in [0.15, 0.2) is 194 Å². The maximum Gasteiger partial charge on any atom is 0.0723 e. The van der Waals surface area contributed by atoms with E-state index in [1.165, 1.54) is 83.6 Å². The minimum Gasteiger partial charge on any atom is -0.310 e. The Labute approximate surface area is 325 Å². The third-order valence-electron chi connectivity index (χ3n) is 12.4. The topological polar surface area (TPSA) is 3.24 Å². The van der Waals surface area contributed by atoms with Crippen LogP contribution in [0.1, 0.15) is 61.1 Å². The molecule has 3 aliphatic rings. The lowest BCUT2D eigenvalue weighted by Gasteiger charge is -2.33. The monoisotopic (exact) mass is 705 g/mol. The molecule has 1 spiro atoms. The van der Waals surface area contributed by atoms with E-state index in [9.17, 15) is 0 Å². The van der Waals surface area contributed by atoms with Crippen molar-refractivity contribution in [2.75, 3.05) is 4.90 Å². The highest BCUT2D eigenvalue weighted by atomic mass is 15.1. The van der Waals surface area contributed by atoms with Gasteiger partial charge in [-0.1, -0.05) is 172 Å². The lowest BCUT2D eigenvalue weighted by atomic mass is 9.69. The molecule has 55 heavy (non-hydrogen) atoms. The molecular formula is C54H43N. The highest BCUT2D eigenvalue weighted by Gasteiger charge is 2.53. The van der Waals surface area contributed by atoms with Crippen LogP contribution in [0.2, 0.25) is 0 Å². The van der Waals surface area contributed by atoms with Crippen molar-refractivity contribution < 1.29 is 0 Å². The molecule has 7 aromatic rings. The predicted molar refractivity (Wildman–Crippen MR) is 232 cm³/mol. The van der Waals surface area contributed by atoms with Crippen LogP contribution in [0, 0.1) is 0 Å². The van der Waals surface area contributed by atoms with Crippen LogP contribution in [0.3, 0.4) is 0 Å². The molecule has 0 fully saturated rings. The molecule has 264 valence electrons. The van der Waals surface area contributed by atoms with Crippen molar-refractivity contribution >= 4 is 22.6 Å². The molecule has 0 bridgehead atoms. The highest BCUT2D eigenvalue weighted by Crippen LogP contribution is 2.65. The molecule has 7 aromatic carbocycles. The summed E-state index contributed by atoms with van der Waals surface area (Å²) < 4.78 is 0. The summed E-state index contributed by atoms with van der Waals surface area (Å²) in [7, 11) is 0. The number of benzene rings is 7. The van der Waals surface area contributed by atoms with Crippen LogP contribution in [0.5, 0.6) is 0 Å². The third-order valence-corrected chi connectivity index (χ3v) is 12.4. The molecule has 0 aliphatic heterocycles. The Morgan fingerprint density at radius 3 is 1.84 bits per heavy atom. The average molecular weight is 706 g/mol. The van der Waals surface area contributed by atoms with Gasteiger partial charge in [0.15, 0.2) is 0 Å². The van der Waals surface area contributed by atoms with Gasteiger partial charge in [0.1, 0.15) is 0 Å². The largest absolute Gasteiger partial charge is 0.310 e. The Morgan fingerprint density at radius 2 is 1.07 bits per heavy atom.